The normalized spacial score (nSPS) is 15.9. The highest BCUT2D eigenvalue weighted by atomic mass is 32.2. The van der Waals surface area contributed by atoms with E-state index in [2.05, 4.69) is 5.43 Å². The smallest absolute Gasteiger partial charge is 0.416 e. The number of nitrogens with one attached hydrogen (secondary N) is 1. The van der Waals surface area contributed by atoms with Crippen LogP contribution in [0.4, 0.5) is 18.9 Å². The quantitative estimate of drug-likeness (QED) is 0.442. The minimum absolute atomic E-state index is 0.0805. The van der Waals surface area contributed by atoms with Gasteiger partial charge in [-0.05, 0) is 60.7 Å². The number of amides is 2. The van der Waals surface area contributed by atoms with Gasteiger partial charge in [-0.15, -0.1) is 0 Å². The second kappa shape index (κ2) is 7.90. The molecule has 2 amide bonds. The average Bonchev–Trinajstić information content (AvgIpc) is 3.33. The summed E-state index contributed by atoms with van der Waals surface area (Å²) in [6, 6.07) is 12.5. The molecule has 1 fully saturated rings. The van der Waals surface area contributed by atoms with Gasteiger partial charge in [0.05, 0.1) is 16.1 Å². The van der Waals surface area contributed by atoms with Gasteiger partial charge >= 0.3 is 6.18 Å². The molecule has 1 aromatic heterocycles. The molecule has 0 atom stereocenters. The summed E-state index contributed by atoms with van der Waals surface area (Å²) in [5.41, 5.74) is 1.28. The number of benzene rings is 2. The number of carbonyl (C=O) groups is 2. The molecule has 0 spiro atoms. The number of nitrogens with two attached hydrogens (primary N) is 1. The standard InChI is InChI=1S/C21H14F3N3O5S/c22-21(23,24)13-2-1-3-14(10-13)27-20(29)17(19(28)26-27)11-15-6-9-18(32-15)12-4-7-16(8-5-12)33(25,30)31/h1-11H,(H,26,28)(H2,25,30,31). The lowest BCUT2D eigenvalue weighted by molar-refractivity contribution is -0.137. The van der Waals surface area contributed by atoms with Crippen LogP contribution < -0.4 is 15.6 Å². The number of furan rings is 1. The lowest BCUT2D eigenvalue weighted by atomic mass is 10.1. The van der Waals surface area contributed by atoms with Crippen LogP contribution in [0.2, 0.25) is 0 Å². The maximum absolute atomic E-state index is 13.0. The Morgan fingerprint density at radius 1 is 1.00 bits per heavy atom. The van der Waals surface area contributed by atoms with E-state index in [4.69, 9.17) is 9.56 Å². The molecule has 8 nitrogen and oxygen atoms in total. The topological polar surface area (TPSA) is 123 Å². The van der Waals surface area contributed by atoms with Gasteiger partial charge in [-0.25, -0.2) is 18.6 Å². The van der Waals surface area contributed by atoms with Crippen molar-refractivity contribution < 1.29 is 35.6 Å². The molecule has 1 saturated heterocycles. The molecule has 2 aromatic carbocycles. The number of hydrazine groups is 1. The number of rotatable bonds is 4. The van der Waals surface area contributed by atoms with Gasteiger partial charge in [-0.1, -0.05) is 6.07 Å². The van der Waals surface area contributed by atoms with Crippen molar-refractivity contribution in [2.75, 3.05) is 5.01 Å². The van der Waals surface area contributed by atoms with Crippen LogP contribution in [0.5, 0.6) is 0 Å². The molecule has 0 unspecified atom stereocenters. The number of hydrogen-bond donors (Lipinski definition) is 2. The monoisotopic (exact) mass is 477 g/mol. The van der Waals surface area contributed by atoms with Crippen LogP contribution in [0.15, 0.2) is 75.5 Å². The highest BCUT2D eigenvalue weighted by Gasteiger charge is 2.36. The van der Waals surface area contributed by atoms with Gasteiger partial charge in [0.1, 0.15) is 17.1 Å². The first-order valence-corrected chi connectivity index (χ1v) is 10.8. The van der Waals surface area contributed by atoms with E-state index >= 15 is 0 Å². The molecule has 12 heteroatoms. The van der Waals surface area contributed by atoms with Crippen LogP contribution in [0.25, 0.3) is 17.4 Å². The largest absolute Gasteiger partial charge is 0.457 e. The first-order chi connectivity index (χ1) is 15.4. The number of primary sulfonamides is 1. The van der Waals surface area contributed by atoms with E-state index in [0.717, 1.165) is 29.3 Å². The lowest BCUT2D eigenvalue weighted by Gasteiger charge is -2.16. The van der Waals surface area contributed by atoms with Gasteiger partial charge in [0.25, 0.3) is 11.8 Å². The summed E-state index contributed by atoms with van der Waals surface area (Å²) >= 11 is 0. The van der Waals surface area contributed by atoms with Gasteiger partial charge in [-0.3, -0.25) is 15.0 Å². The molecule has 33 heavy (non-hydrogen) atoms. The third-order valence-corrected chi connectivity index (χ3v) is 5.63. The van der Waals surface area contributed by atoms with E-state index in [1.807, 2.05) is 0 Å². The number of hydrogen-bond acceptors (Lipinski definition) is 5. The first-order valence-electron chi connectivity index (χ1n) is 9.21. The van der Waals surface area contributed by atoms with E-state index in [1.54, 1.807) is 6.07 Å². The summed E-state index contributed by atoms with van der Waals surface area (Å²) in [6.45, 7) is 0. The third kappa shape index (κ3) is 4.52. The summed E-state index contributed by atoms with van der Waals surface area (Å²) in [7, 11) is -3.85. The van der Waals surface area contributed by atoms with E-state index in [1.165, 1.54) is 36.4 Å². The lowest BCUT2D eigenvalue weighted by Crippen LogP contribution is -2.35. The Morgan fingerprint density at radius 3 is 2.33 bits per heavy atom. The van der Waals surface area contributed by atoms with Gasteiger partial charge in [0.2, 0.25) is 10.0 Å². The minimum atomic E-state index is -4.61. The molecule has 4 rings (SSSR count). The fourth-order valence-electron chi connectivity index (χ4n) is 3.10. The van der Waals surface area contributed by atoms with E-state index in [9.17, 15) is 31.2 Å². The fraction of sp³-hybridized carbons (Fsp3) is 0.0476. The Morgan fingerprint density at radius 2 is 1.70 bits per heavy atom. The summed E-state index contributed by atoms with van der Waals surface area (Å²) in [5.74, 6) is -1.21. The molecule has 3 aromatic rings. The average molecular weight is 477 g/mol. The Labute approximate surface area is 185 Å². The number of carbonyl (C=O) groups excluding carboxylic acids is 2. The van der Waals surface area contributed by atoms with Crippen LogP contribution in [0.1, 0.15) is 11.3 Å². The van der Waals surface area contributed by atoms with Crippen molar-refractivity contribution in [1.82, 2.24) is 5.43 Å². The maximum atomic E-state index is 13.0. The highest BCUT2D eigenvalue weighted by molar-refractivity contribution is 7.89. The number of anilines is 1. The number of alkyl halides is 3. The molecule has 0 saturated carbocycles. The van der Waals surface area contributed by atoms with Gasteiger partial charge in [0, 0.05) is 5.56 Å². The predicted molar refractivity (Wildman–Crippen MR) is 111 cm³/mol. The van der Waals surface area contributed by atoms with Crippen LogP contribution in [0, 0.1) is 0 Å². The van der Waals surface area contributed by atoms with Crippen molar-refractivity contribution in [3.8, 4) is 11.3 Å². The van der Waals surface area contributed by atoms with E-state index in [0.29, 0.717) is 11.3 Å². The molecule has 3 N–H and O–H groups in total. The summed E-state index contributed by atoms with van der Waals surface area (Å²) < 4.78 is 67.2. The SMILES string of the molecule is NS(=O)(=O)c1ccc(-c2ccc(C=C3C(=O)NN(c4cccc(C(F)(F)F)c4)C3=O)o2)cc1. The second-order valence-corrected chi connectivity index (χ2v) is 8.52. The molecule has 1 aliphatic rings. The van der Waals surface area contributed by atoms with Crippen LogP contribution in [-0.2, 0) is 25.8 Å². The molecule has 1 aliphatic heterocycles. The summed E-state index contributed by atoms with van der Waals surface area (Å²) in [6.07, 6.45) is -3.45. The Balaban J connectivity index is 1.59. The van der Waals surface area contributed by atoms with Crippen molar-refractivity contribution in [3.63, 3.8) is 0 Å². The second-order valence-electron chi connectivity index (χ2n) is 6.96. The zero-order valence-electron chi connectivity index (χ0n) is 16.5. The maximum Gasteiger partial charge on any atom is 0.416 e. The zero-order valence-corrected chi connectivity index (χ0v) is 17.3. The van der Waals surface area contributed by atoms with Crippen molar-refractivity contribution in [2.24, 2.45) is 5.14 Å². The Kier molecular flexibility index (Phi) is 5.34. The number of sulfonamides is 1. The molecule has 0 bridgehead atoms. The minimum Gasteiger partial charge on any atom is -0.457 e. The van der Waals surface area contributed by atoms with Crippen LogP contribution >= 0.6 is 0 Å². The molecular weight excluding hydrogens is 463 g/mol. The zero-order chi connectivity index (χ0) is 24.0. The van der Waals surface area contributed by atoms with Crippen molar-refractivity contribution >= 4 is 33.6 Å². The van der Waals surface area contributed by atoms with E-state index in [-0.39, 0.29) is 21.9 Å². The Bertz CT molecular complexity index is 1390. The first kappa shape index (κ1) is 22.3. The molecule has 2 heterocycles. The number of halogens is 3. The summed E-state index contributed by atoms with van der Waals surface area (Å²) in [4.78, 5) is 24.9. The van der Waals surface area contributed by atoms with Gasteiger partial charge in [0.15, 0.2) is 0 Å². The van der Waals surface area contributed by atoms with Gasteiger partial charge in [-0.2, -0.15) is 13.2 Å². The fourth-order valence-corrected chi connectivity index (χ4v) is 3.61. The molecular formula is C21H14F3N3O5S. The van der Waals surface area contributed by atoms with Crippen LogP contribution in [-0.4, -0.2) is 20.2 Å². The Hall–Kier alpha value is -3.90. The molecule has 170 valence electrons. The van der Waals surface area contributed by atoms with Crippen molar-refractivity contribution in [3.05, 3.63) is 77.6 Å². The van der Waals surface area contributed by atoms with Crippen LogP contribution in [0.3, 0.4) is 0 Å². The third-order valence-electron chi connectivity index (χ3n) is 4.70. The van der Waals surface area contributed by atoms with E-state index < -0.39 is 33.6 Å². The molecule has 0 radical (unpaired) electrons. The molecule has 0 aliphatic carbocycles. The van der Waals surface area contributed by atoms with Gasteiger partial charge < -0.3 is 4.42 Å². The highest BCUT2D eigenvalue weighted by Crippen LogP contribution is 2.32. The summed E-state index contributed by atoms with van der Waals surface area (Å²) in [5, 5.41) is 5.78. The number of nitrogens with zero attached hydrogens (tertiary/aromatic N) is 1. The van der Waals surface area contributed by atoms with Crippen molar-refractivity contribution in [1.29, 1.82) is 0 Å². The van der Waals surface area contributed by atoms with Crippen molar-refractivity contribution in [2.45, 2.75) is 11.1 Å². The predicted octanol–water partition coefficient (Wildman–Crippen LogP) is 3.07.